The van der Waals surface area contributed by atoms with Crippen LogP contribution in [0.25, 0.3) is 0 Å². The van der Waals surface area contributed by atoms with Gasteiger partial charge >= 0.3 is 6.18 Å². The average Bonchev–Trinajstić information content (AvgIpc) is 2.36. The van der Waals surface area contributed by atoms with Gasteiger partial charge in [-0.05, 0) is 0 Å². The maximum atomic E-state index is 12.6. The van der Waals surface area contributed by atoms with Gasteiger partial charge in [0.25, 0.3) is 0 Å². The fourth-order valence-electron chi connectivity index (χ4n) is 1.33. The molecule has 9 heteroatoms. The number of rotatable bonds is 6. The minimum absolute atomic E-state index is 0.0268. The molecule has 0 saturated carbocycles. The van der Waals surface area contributed by atoms with E-state index in [9.17, 15) is 13.2 Å². The number of halogens is 3. The zero-order chi connectivity index (χ0) is 14.5. The van der Waals surface area contributed by atoms with E-state index in [0.717, 1.165) is 0 Å². The smallest absolute Gasteiger partial charge is 0.394 e. The summed E-state index contributed by atoms with van der Waals surface area (Å²) >= 11 is 0. The summed E-state index contributed by atoms with van der Waals surface area (Å²) in [5, 5.41) is 14.2. The molecule has 1 unspecified atom stereocenters. The third kappa shape index (κ3) is 4.52. The molecule has 0 fully saturated rings. The number of hydrogen-bond donors (Lipinski definition) is 3. The van der Waals surface area contributed by atoms with E-state index in [0.29, 0.717) is 0 Å². The van der Waals surface area contributed by atoms with Gasteiger partial charge in [-0.2, -0.15) is 13.2 Å². The second-order valence-electron chi connectivity index (χ2n) is 3.69. The number of nitrogens with zero attached hydrogens (tertiary/aromatic N) is 2. The lowest BCUT2D eigenvalue weighted by atomic mass is 10.3. The van der Waals surface area contributed by atoms with Crippen LogP contribution in [0.4, 0.5) is 24.8 Å². The molecule has 3 N–H and O–H groups in total. The summed E-state index contributed by atoms with van der Waals surface area (Å²) < 4.78 is 42.6. The summed E-state index contributed by atoms with van der Waals surface area (Å²) in [6.07, 6.45) is -4.64. The third-order valence-corrected chi connectivity index (χ3v) is 2.18. The van der Waals surface area contributed by atoms with E-state index in [1.807, 2.05) is 0 Å². The van der Waals surface area contributed by atoms with E-state index in [-0.39, 0.29) is 24.8 Å². The van der Waals surface area contributed by atoms with Crippen molar-refractivity contribution in [1.82, 2.24) is 9.97 Å². The Morgan fingerprint density at radius 2 is 2.00 bits per heavy atom. The molecule has 1 aromatic heterocycles. The van der Waals surface area contributed by atoms with Gasteiger partial charge < -0.3 is 20.5 Å². The van der Waals surface area contributed by atoms with Crippen molar-refractivity contribution in [2.24, 2.45) is 0 Å². The Balaban J connectivity index is 3.00. The van der Waals surface area contributed by atoms with Crippen molar-refractivity contribution in [3.8, 4) is 0 Å². The van der Waals surface area contributed by atoms with E-state index < -0.39 is 18.0 Å². The van der Waals surface area contributed by atoms with Gasteiger partial charge in [0.2, 0.25) is 5.82 Å². The molecule has 0 amide bonds. The first-order valence-corrected chi connectivity index (χ1v) is 5.41. The van der Waals surface area contributed by atoms with Crippen LogP contribution in [0.3, 0.4) is 0 Å². The summed E-state index contributed by atoms with van der Waals surface area (Å²) in [6, 6.07) is 0.763. The van der Waals surface area contributed by atoms with Crippen LogP contribution in [0.2, 0.25) is 0 Å². The van der Waals surface area contributed by atoms with Gasteiger partial charge in [-0.1, -0.05) is 0 Å². The molecule has 1 aromatic rings. The van der Waals surface area contributed by atoms with Crippen molar-refractivity contribution < 1.29 is 23.0 Å². The fraction of sp³-hybridized carbons (Fsp3) is 0.600. The second-order valence-corrected chi connectivity index (χ2v) is 3.69. The van der Waals surface area contributed by atoms with Crippen molar-refractivity contribution in [2.75, 3.05) is 38.0 Å². The molecule has 1 rings (SSSR count). The van der Waals surface area contributed by atoms with Crippen LogP contribution in [-0.4, -0.2) is 48.5 Å². The minimum Gasteiger partial charge on any atom is -0.394 e. The first-order valence-electron chi connectivity index (χ1n) is 5.41. The second kappa shape index (κ2) is 6.53. The Morgan fingerprint density at radius 3 is 2.47 bits per heavy atom. The highest BCUT2D eigenvalue weighted by atomic mass is 19.4. The van der Waals surface area contributed by atoms with Gasteiger partial charge in [0.05, 0.1) is 19.3 Å². The van der Waals surface area contributed by atoms with Crippen LogP contribution in [-0.2, 0) is 10.9 Å². The molecule has 0 bridgehead atoms. The number of ether oxygens (including phenoxy) is 1. The number of nitrogens with one attached hydrogen (secondary N) is 2. The number of anilines is 2. The standard InChI is InChI=1S/C10H15F3N4O2/c1-14-7-3-8(15-6(4-18)5-19-2)17-9(16-7)10(11,12)13/h3,6,18H,4-5H2,1-2H3,(H2,14,15,16,17). The highest BCUT2D eigenvalue weighted by Gasteiger charge is 2.35. The molecule has 0 aliphatic heterocycles. The van der Waals surface area contributed by atoms with E-state index in [1.165, 1.54) is 20.2 Å². The molecule has 0 spiro atoms. The van der Waals surface area contributed by atoms with Crippen molar-refractivity contribution in [3.05, 3.63) is 11.9 Å². The zero-order valence-electron chi connectivity index (χ0n) is 10.5. The number of aliphatic hydroxyl groups is 1. The number of aliphatic hydroxyl groups excluding tert-OH is 1. The summed E-state index contributed by atoms with van der Waals surface area (Å²) in [5.74, 6) is -1.27. The highest BCUT2D eigenvalue weighted by Crippen LogP contribution is 2.28. The average molecular weight is 280 g/mol. The zero-order valence-corrected chi connectivity index (χ0v) is 10.5. The van der Waals surface area contributed by atoms with Crippen molar-refractivity contribution in [1.29, 1.82) is 0 Å². The lowest BCUT2D eigenvalue weighted by Gasteiger charge is -2.17. The highest BCUT2D eigenvalue weighted by molar-refractivity contribution is 5.48. The lowest BCUT2D eigenvalue weighted by molar-refractivity contribution is -0.144. The molecule has 0 aliphatic rings. The first-order chi connectivity index (χ1) is 8.90. The Hall–Kier alpha value is -1.61. The number of alkyl halides is 3. The molecule has 0 aromatic carbocycles. The van der Waals surface area contributed by atoms with Crippen LogP contribution in [0.1, 0.15) is 5.82 Å². The Bertz CT molecular complexity index is 414. The minimum atomic E-state index is -4.64. The van der Waals surface area contributed by atoms with Gasteiger partial charge in [0, 0.05) is 20.2 Å². The molecular weight excluding hydrogens is 265 g/mol. The van der Waals surface area contributed by atoms with Gasteiger partial charge in [-0.3, -0.25) is 0 Å². The molecule has 0 aliphatic carbocycles. The molecule has 1 atom stereocenters. The van der Waals surface area contributed by atoms with Crippen LogP contribution in [0.5, 0.6) is 0 Å². The largest absolute Gasteiger partial charge is 0.451 e. The third-order valence-electron chi connectivity index (χ3n) is 2.18. The molecule has 0 radical (unpaired) electrons. The molecular formula is C10H15F3N4O2. The van der Waals surface area contributed by atoms with Gasteiger partial charge in [-0.25, -0.2) is 9.97 Å². The van der Waals surface area contributed by atoms with Crippen molar-refractivity contribution >= 4 is 11.6 Å². The quantitative estimate of drug-likeness (QED) is 0.720. The topological polar surface area (TPSA) is 79.3 Å². The van der Waals surface area contributed by atoms with E-state index >= 15 is 0 Å². The molecule has 1 heterocycles. The van der Waals surface area contributed by atoms with Crippen LogP contribution in [0.15, 0.2) is 6.07 Å². The maximum Gasteiger partial charge on any atom is 0.451 e. The summed E-state index contributed by atoms with van der Waals surface area (Å²) in [4.78, 5) is 6.69. The summed E-state index contributed by atoms with van der Waals surface area (Å²) in [6.45, 7) is -0.162. The normalized spacial score (nSPS) is 13.2. The molecule has 6 nitrogen and oxygen atoms in total. The summed E-state index contributed by atoms with van der Waals surface area (Å²) in [5.41, 5.74) is 0. The number of aromatic nitrogens is 2. The summed E-state index contributed by atoms with van der Waals surface area (Å²) in [7, 11) is 2.87. The lowest BCUT2D eigenvalue weighted by Crippen LogP contribution is -2.29. The Labute approximate surface area is 108 Å². The monoisotopic (exact) mass is 280 g/mol. The first kappa shape index (κ1) is 15.4. The number of methoxy groups -OCH3 is 1. The van der Waals surface area contributed by atoms with Crippen LogP contribution in [0, 0.1) is 0 Å². The molecule has 108 valence electrons. The van der Waals surface area contributed by atoms with Crippen molar-refractivity contribution in [3.63, 3.8) is 0 Å². The predicted octanol–water partition coefficient (Wildman–Crippen LogP) is 0.956. The SMILES string of the molecule is CNc1cc(NC(CO)COC)nc(C(F)(F)F)n1. The fourth-order valence-corrected chi connectivity index (χ4v) is 1.33. The molecule has 19 heavy (non-hydrogen) atoms. The van der Waals surface area contributed by atoms with E-state index in [4.69, 9.17) is 9.84 Å². The molecule has 0 saturated heterocycles. The van der Waals surface area contributed by atoms with Gasteiger partial charge in [-0.15, -0.1) is 0 Å². The predicted molar refractivity (Wildman–Crippen MR) is 63.0 cm³/mol. The Kier molecular flexibility index (Phi) is 5.31. The van der Waals surface area contributed by atoms with Crippen molar-refractivity contribution in [2.45, 2.75) is 12.2 Å². The maximum absolute atomic E-state index is 12.6. The van der Waals surface area contributed by atoms with E-state index in [1.54, 1.807) is 0 Å². The van der Waals surface area contributed by atoms with Crippen LogP contribution >= 0.6 is 0 Å². The number of hydrogen-bond acceptors (Lipinski definition) is 6. The van der Waals surface area contributed by atoms with E-state index in [2.05, 4.69) is 20.6 Å². The van der Waals surface area contributed by atoms with Gasteiger partial charge in [0.15, 0.2) is 0 Å². The van der Waals surface area contributed by atoms with Gasteiger partial charge in [0.1, 0.15) is 11.6 Å². The van der Waals surface area contributed by atoms with Crippen LogP contribution < -0.4 is 10.6 Å². The Morgan fingerprint density at radius 1 is 1.37 bits per heavy atom.